The number of amides is 2. The molecule has 0 atom stereocenters. The molecule has 2 aromatic rings. The SMILES string of the molecule is O=C(O)CCc1ccc(NC(=O)CCCNC(=O)c2ccc(Cl)cc2)cc1. The van der Waals surface area contributed by atoms with Gasteiger partial charge in [0.2, 0.25) is 5.91 Å². The number of rotatable bonds is 9. The Balaban J connectivity index is 1.67. The molecule has 0 spiro atoms. The molecule has 3 N–H and O–H groups in total. The summed E-state index contributed by atoms with van der Waals surface area (Å²) in [6.45, 7) is 0.392. The Morgan fingerprint density at radius 1 is 0.926 bits per heavy atom. The summed E-state index contributed by atoms with van der Waals surface area (Å²) in [5, 5.41) is 14.8. The molecule has 0 saturated carbocycles. The first-order valence-corrected chi connectivity index (χ1v) is 8.96. The fourth-order valence-corrected chi connectivity index (χ4v) is 2.51. The third-order valence-corrected chi connectivity index (χ3v) is 4.09. The second-order valence-corrected chi connectivity index (χ2v) is 6.44. The minimum atomic E-state index is -0.837. The van der Waals surface area contributed by atoms with Crippen molar-refractivity contribution in [2.75, 3.05) is 11.9 Å². The van der Waals surface area contributed by atoms with Gasteiger partial charge in [-0.15, -0.1) is 0 Å². The lowest BCUT2D eigenvalue weighted by molar-refractivity contribution is -0.137. The number of carbonyl (C=O) groups is 3. The smallest absolute Gasteiger partial charge is 0.303 e. The van der Waals surface area contributed by atoms with Crippen molar-refractivity contribution in [3.8, 4) is 0 Å². The zero-order valence-electron chi connectivity index (χ0n) is 14.7. The van der Waals surface area contributed by atoms with Crippen LogP contribution in [0.3, 0.4) is 0 Å². The van der Waals surface area contributed by atoms with E-state index in [0.717, 1.165) is 5.56 Å². The Kier molecular flexibility index (Phi) is 7.82. The molecule has 0 heterocycles. The van der Waals surface area contributed by atoms with Crippen molar-refractivity contribution in [1.29, 1.82) is 0 Å². The average molecular weight is 389 g/mol. The van der Waals surface area contributed by atoms with Crippen molar-refractivity contribution in [3.63, 3.8) is 0 Å². The standard InChI is InChI=1S/C20H21ClN2O4/c21-16-8-6-15(7-9-16)20(27)22-13-1-2-18(24)23-17-10-3-14(4-11-17)5-12-19(25)26/h3-4,6-11H,1-2,5,12-13H2,(H,22,27)(H,23,24)(H,25,26). The van der Waals surface area contributed by atoms with Crippen LogP contribution in [-0.4, -0.2) is 29.4 Å². The number of carboxylic acid groups (broad SMARTS) is 1. The number of benzene rings is 2. The Bertz CT molecular complexity index is 789. The predicted octanol–water partition coefficient (Wildman–Crippen LogP) is 3.51. The summed E-state index contributed by atoms with van der Waals surface area (Å²) in [6, 6.07) is 13.7. The van der Waals surface area contributed by atoms with E-state index in [1.54, 1.807) is 48.5 Å². The molecule has 0 aliphatic heterocycles. The van der Waals surface area contributed by atoms with Gasteiger partial charge in [-0.2, -0.15) is 0 Å². The molecule has 27 heavy (non-hydrogen) atoms. The first-order valence-electron chi connectivity index (χ1n) is 8.58. The van der Waals surface area contributed by atoms with Gasteiger partial charge in [0, 0.05) is 35.7 Å². The van der Waals surface area contributed by atoms with E-state index in [9.17, 15) is 14.4 Å². The van der Waals surface area contributed by atoms with Crippen molar-refractivity contribution in [2.45, 2.75) is 25.7 Å². The minimum absolute atomic E-state index is 0.0768. The lowest BCUT2D eigenvalue weighted by Crippen LogP contribution is -2.25. The van der Waals surface area contributed by atoms with Crippen LogP contribution in [0, 0.1) is 0 Å². The number of nitrogens with one attached hydrogen (secondary N) is 2. The molecule has 0 unspecified atom stereocenters. The van der Waals surface area contributed by atoms with Crippen molar-refractivity contribution in [2.24, 2.45) is 0 Å². The molecular weight excluding hydrogens is 368 g/mol. The lowest BCUT2D eigenvalue weighted by Gasteiger charge is -2.07. The Morgan fingerprint density at radius 2 is 1.59 bits per heavy atom. The predicted molar refractivity (Wildman–Crippen MR) is 104 cm³/mol. The summed E-state index contributed by atoms with van der Waals surface area (Å²) in [5.74, 6) is -1.19. The molecule has 2 rings (SSSR count). The number of anilines is 1. The van der Waals surface area contributed by atoms with E-state index in [0.29, 0.717) is 35.7 Å². The van der Waals surface area contributed by atoms with Crippen molar-refractivity contribution < 1.29 is 19.5 Å². The highest BCUT2D eigenvalue weighted by Crippen LogP contribution is 2.12. The summed E-state index contributed by atoms with van der Waals surface area (Å²) in [5.41, 5.74) is 2.08. The van der Waals surface area contributed by atoms with E-state index in [1.807, 2.05) is 0 Å². The van der Waals surface area contributed by atoms with Crippen LogP contribution in [0.15, 0.2) is 48.5 Å². The van der Waals surface area contributed by atoms with Crippen LogP contribution in [0.2, 0.25) is 5.02 Å². The highest BCUT2D eigenvalue weighted by atomic mass is 35.5. The monoisotopic (exact) mass is 388 g/mol. The molecule has 2 amide bonds. The number of carbonyl (C=O) groups excluding carboxylic acids is 2. The van der Waals surface area contributed by atoms with Gasteiger partial charge in [0.25, 0.3) is 5.91 Å². The van der Waals surface area contributed by atoms with Gasteiger partial charge in [-0.1, -0.05) is 23.7 Å². The Morgan fingerprint density at radius 3 is 2.22 bits per heavy atom. The second kappa shape index (κ2) is 10.3. The minimum Gasteiger partial charge on any atom is -0.481 e. The zero-order valence-corrected chi connectivity index (χ0v) is 15.5. The number of aliphatic carboxylic acids is 1. The first kappa shape index (κ1) is 20.5. The second-order valence-electron chi connectivity index (χ2n) is 6.01. The number of hydrogen-bond acceptors (Lipinski definition) is 3. The molecule has 0 radical (unpaired) electrons. The normalized spacial score (nSPS) is 10.3. The topological polar surface area (TPSA) is 95.5 Å². The largest absolute Gasteiger partial charge is 0.481 e. The van der Waals surface area contributed by atoms with Crippen molar-refractivity contribution >= 4 is 35.1 Å². The zero-order chi connectivity index (χ0) is 19.6. The van der Waals surface area contributed by atoms with Gasteiger partial charge in [0.05, 0.1) is 0 Å². The molecule has 142 valence electrons. The molecule has 7 heteroatoms. The number of aryl methyl sites for hydroxylation is 1. The maximum absolute atomic E-state index is 11.9. The third-order valence-electron chi connectivity index (χ3n) is 3.84. The quantitative estimate of drug-likeness (QED) is 0.573. The summed E-state index contributed by atoms with van der Waals surface area (Å²) in [7, 11) is 0. The fourth-order valence-electron chi connectivity index (χ4n) is 2.38. The Labute approximate surface area is 162 Å². The summed E-state index contributed by atoms with van der Waals surface area (Å²) in [4.78, 5) is 34.4. The highest BCUT2D eigenvalue weighted by Gasteiger charge is 2.06. The van der Waals surface area contributed by atoms with Crippen LogP contribution in [0.25, 0.3) is 0 Å². The van der Waals surface area contributed by atoms with E-state index >= 15 is 0 Å². The van der Waals surface area contributed by atoms with E-state index in [4.69, 9.17) is 16.7 Å². The van der Waals surface area contributed by atoms with Crippen molar-refractivity contribution in [3.05, 3.63) is 64.7 Å². The molecular formula is C20H21ClN2O4. The van der Waals surface area contributed by atoms with Gasteiger partial charge in [0.1, 0.15) is 0 Å². The number of halogens is 1. The van der Waals surface area contributed by atoms with Crippen LogP contribution >= 0.6 is 11.6 Å². The van der Waals surface area contributed by atoms with Gasteiger partial charge in [-0.25, -0.2) is 0 Å². The highest BCUT2D eigenvalue weighted by molar-refractivity contribution is 6.30. The summed E-state index contributed by atoms with van der Waals surface area (Å²) in [6.07, 6.45) is 1.33. The van der Waals surface area contributed by atoms with Gasteiger partial charge in [-0.3, -0.25) is 14.4 Å². The van der Waals surface area contributed by atoms with E-state index in [2.05, 4.69) is 10.6 Å². The first-order chi connectivity index (χ1) is 12.9. The van der Waals surface area contributed by atoms with Crippen LogP contribution in [-0.2, 0) is 16.0 Å². The van der Waals surface area contributed by atoms with E-state index in [-0.39, 0.29) is 24.7 Å². The maximum atomic E-state index is 11.9. The average Bonchev–Trinajstić information content (AvgIpc) is 2.65. The van der Waals surface area contributed by atoms with Crippen LogP contribution in [0.4, 0.5) is 5.69 Å². The molecule has 2 aromatic carbocycles. The fraction of sp³-hybridized carbons (Fsp3) is 0.250. The lowest BCUT2D eigenvalue weighted by atomic mass is 10.1. The number of carboxylic acids is 1. The van der Waals surface area contributed by atoms with Crippen LogP contribution in [0.5, 0.6) is 0 Å². The van der Waals surface area contributed by atoms with E-state index < -0.39 is 5.97 Å². The van der Waals surface area contributed by atoms with Gasteiger partial charge in [0.15, 0.2) is 0 Å². The molecule has 0 aromatic heterocycles. The summed E-state index contributed by atoms with van der Waals surface area (Å²) < 4.78 is 0. The van der Waals surface area contributed by atoms with E-state index in [1.165, 1.54) is 0 Å². The summed E-state index contributed by atoms with van der Waals surface area (Å²) >= 11 is 5.78. The molecule has 0 aliphatic carbocycles. The Hall–Kier alpha value is -2.86. The number of hydrogen-bond donors (Lipinski definition) is 3. The third kappa shape index (κ3) is 7.50. The molecule has 0 fully saturated rings. The van der Waals surface area contributed by atoms with Gasteiger partial charge in [-0.05, 0) is 54.8 Å². The molecule has 6 nitrogen and oxygen atoms in total. The van der Waals surface area contributed by atoms with Gasteiger partial charge < -0.3 is 15.7 Å². The van der Waals surface area contributed by atoms with Crippen molar-refractivity contribution in [1.82, 2.24) is 5.32 Å². The molecule has 0 bridgehead atoms. The molecule has 0 aliphatic rings. The molecule has 0 saturated heterocycles. The van der Waals surface area contributed by atoms with Gasteiger partial charge >= 0.3 is 5.97 Å². The van der Waals surface area contributed by atoms with Crippen LogP contribution < -0.4 is 10.6 Å². The maximum Gasteiger partial charge on any atom is 0.303 e. The van der Waals surface area contributed by atoms with Crippen LogP contribution in [0.1, 0.15) is 35.2 Å².